The van der Waals surface area contributed by atoms with Crippen LogP contribution in [0.1, 0.15) is 11.6 Å². The smallest absolute Gasteiger partial charge is 0.325 e. The maximum absolute atomic E-state index is 11.3. The number of aliphatic carboxylic acids is 1. The van der Waals surface area contributed by atoms with Crippen LogP contribution in [0.4, 0.5) is 0 Å². The number of aromatic nitrogens is 1. The standard InChI is InChI=1S/C13H14N2O2/c1-15(2)12(13(16)17)11-8-14-7-9-5-3-4-6-10(9)11/h3-8,12H,1-2H3,(H,16,17). The molecular weight excluding hydrogens is 216 g/mol. The van der Waals surface area contributed by atoms with Gasteiger partial charge in [-0.2, -0.15) is 0 Å². The number of likely N-dealkylation sites (N-methyl/N-ethyl adjacent to an activating group) is 1. The number of pyridine rings is 1. The van der Waals surface area contributed by atoms with Crippen molar-refractivity contribution in [3.05, 3.63) is 42.2 Å². The van der Waals surface area contributed by atoms with Crippen LogP contribution >= 0.6 is 0 Å². The zero-order valence-electron chi connectivity index (χ0n) is 9.79. The topological polar surface area (TPSA) is 53.4 Å². The summed E-state index contributed by atoms with van der Waals surface area (Å²) in [6, 6.07) is 7.00. The van der Waals surface area contributed by atoms with E-state index in [0.29, 0.717) is 0 Å². The van der Waals surface area contributed by atoms with Gasteiger partial charge in [-0.3, -0.25) is 14.7 Å². The maximum Gasteiger partial charge on any atom is 0.325 e. The molecule has 1 aromatic heterocycles. The predicted molar refractivity (Wildman–Crippen MR) is 65.8 cm³/mol. The molecule has 1 unspecified atom stereocenters. The third kappa shape index (κ3) is 2.12. The fourth-order valence-corrected chi connectivity index (χ4v) is 1.99. The molecule has 0 aliphatic carbocycles. The number of rotatable bonds is 3. The third-order valence-electron chi connectivity index (χ3n) is 2.74. The lowest BCUT2D eigenvalue weighted by Crippen LogP contribution is -2.27. The summed E-state index contributed by atoms with van der Waals surface area (Å²) in [6.07, 6.45) is 3.37. The molecule has 1 atom stereocenters. The van der Waals surface area contributed by atoms with E-state index in [1.54, 1.807) is 31.4 Å². The lowest BCUT2D eigenvalue weighted by Gasteiger charge is -2.21. The van der Waals surface area contributed by atoms with Crippen molar-refractivity contribution in [2.24, 2.45) is 0 Å². The Bertz CT molecular complexity index is 547. The van der Waals surface area contributed by atoms with Gasteiger partial charge in [0.1, 0.15) is 6.04 Å². The van der Waals surface area contributed by atoms with Crippen LogP contribution in [-0.2, 0) is 4.79 Å². The molecular formula is C13H14N2O2. The molecule has 0 saturated heterocycles. The molecule has 0 fully saturated rings. The maximum atomic E-state index is 11.3. The molecule has 1 N–H and O–H groups in total. The number of benzene rings is 1. The molecule has 17 heavy (non-hydrogen) atoms. The third-order valence-corrected chi connectivity index (χ3v) is 2.74. The number of carboxylic acids is 1. The van der Waals surface area contributed by atoms with E-state index in [4.69, 9.17) is 0 Å². The Morgan fingerprint density at radius 1 is 1.29 bits per heavy atom. The fraction of sp³-hybridized carbons (Fsp3) is 0.231. The second-order valence-electron chi connectivity index (χ2n) is 4.15. The molecule has 0 spiro atoms. The number of fused-ring (bicyclic) bond motifs is 1. The van der Waals surface area contributed by atoms with Crippen LogP contribution < -0.4 is 0 Å². The molecule has 1 heterocycles. The summed E-state index contributed by atoms with van der Waals surface area (Å²) in [5.74, 6) is -0.867. The average molecular weight is 230 g/mol. The first kappa shape index (κ1) is 11.5. The Hall–Kier alpha value is -1.94. The quantitative estimate of drug-likeness (QED) is 0.875. The highest BCUT2D eigenvalue weighted by Gasteiger charge is 2.24. The van der Waals surface area contributed by atoms with E-state index in [2.05, 4.69) is 4.98 Å². The second kappa shape index (κ2) is 4.51. The molecule has 0 bridgehead atoms. The van der Waals surface area contributed by atoms with Crippen molar-refractivity contribution in [2.45, 2.75) is 6.04 Å². The second-order valence-corrected chi connectivity index (χ2v) is 4.15. The molecule has 88 valence electrons. The van der Waals surface area contributed by atoms with Crippen LogP contribution in [0.25, 0.3) is 10.8 Å². The van der Waals surface area contributed by atoms with Crippen molar-refractivity contribution < 1.29 is 9.90 Å². The van der Waals surface area contributed by atoms with Crippen molar-refractivity contribution in [2.75, 3.05) is 14.1 Å². The van der Waals surface area contributed by atoms with E-state index in [0.717, 1.165) is 16.3 Å². The van der Waals surface area contributed by atoms with Crippen molar-refractivity contribution in [3.63, 3.8) is 0 Å². The number of nitrogens with zero attached hydrogens (tertiary/aromatic N) is 2. The van der Waals surface area contributed by atoms with Gasteiger partial charge in [0, 0.05) is 23.3 Å². The van der Waals surface area contributed by atoms with Gasteiger partial charge in [-0.15, -0.1) is 0 Å². The lowest BCUT2D eigenvalue weighted by molar-refractivity contribution is -0.142. The van der Waals surface area contributed by atoms with Gasteiger partial charge in [0.2, 0.25) is 0 Å². The Labute approximate surface area is 99.5 Å². The normalized spacial score (nSPS) is 12.9. The highest BCUT2D eigenvalue weighted by atomic mass is 16.4. The van der Waals surface area contributed by atoms with Crippen LogP contribution in [-0.4, -0.2) is 35.1 Å². The Morgan fingerprint density at radius 2 is 2.00 bits per heavy atom. The summed E-state index contributed by atoms with van der Waals surface area (Å²) >= 11 is 0. The number of hydrogen-bond donors (Lipinski definition) is 1. The molecule has 0 amide bonds. The molecule has 0 aliphatic rings. The first-order valence-electron chi connectivity index (χ1n) is 5.33. The number of carbonyl (C=O) groups is 1. The summed E-state index contributed by atoms with van der Waals surface area (Å²) in [5, 5.41) is 11.2. The van der Waals surface area contributed by atoms with E-state index in [9.17, 15) is 9.90 Å². The molecule has 0 radical (unpaired) electrons. The minimum Gasteiger partial charge on any atom is -0.480 e. The van der Waals surface area contributed by atoms with Gasteiger partial charge in [-0.1, -0.05) is 24.3 Å². The van der Waals surface area contributed by atoms with Crippen LogP contribution in [0.2, 0.25) is 0 Å². The first-order valence-corrected chi connectivity index (χ1v) is 5.33. The van der Waals surface area contributed by atoms with E-state index >= 15 is 0 Å². The Balaban J connectivity index is 2.65. The summed E-state index contributed by atoms with van der Waals surface area (Å²) in [5.41, 5.74) is 0.723. The molecule has 4 heteroatoms. The van der Waals surface area contributed by atoms with Crippen molar-refractivity contribution in [3.8, 4) is 0 Å². The molecule has 0 saturated carbocycles. The molecule has 4 nitrogen and oxygen atoms in total. The number of hydrogen-bond acceptors (Lipinski definition) is 3. The highest BCUT2D eigenvalue weighted by molar-refractivity contribution is 5.89. The van der Waals surface area contributed by atoms with Gasteiger partial charge < -0.3 is 5.11 Å². The first-order chi connectivity index (χ1) is 8.11. The molecule has 1 aromatic carbocycles. The van der Waals surface area contributed by atoms with Crippen LogP contribution in [0.5, 0.6) is 0 Å². The predicted octanol–water partition coefficient (Wildman–Crippen LogP) is 1.92. The lowest BCUT2D eigenvalue weighted by atomic mass is 10.0. The summed E-state index contributed by atoms with van der Waals surface area (Å²) in [7, 11) is 3.50. The van der Waals surface area contributed by atoms with Crippen LogP contribution in [0.3, 0.4) is 0 Å². The number of carboxylic acid groups (broad SMARTS) is 1. The molecule has 2 rings (SSSR count). The van der Waals surface area contributed by atoms with Gasteiger partial charge in [-0.05, 0) is 19.5 Å². The van der Waals surface area contributed by atoms with Crippen LogP contribution in [0.15, 0.2) is 36.7 Å². The van der Waals surface area contributed by atoms with Crippen molar-refractivity contribution in [1.82, 2.24) is 9.88 Å². The minimum atomic E-state index is -0.867. The monoisotopic (exact) mass is 230 g/mol. The van der Waals surface area contributed by atoms with Crippen molar-refractivity contribution in [1.29, 1.82) is 0 Å². The zero-order chi connectivity index (χ0) is 12.4. The summed E-state index contributed by atoms with van der Waals surface area (Å²) in [6.45, 7) is 0. The fourth-order valence-electron chi connectivity index (χ4n) is 1.99. The Kier molecular flexibility index (Phi) is 3.06. The van der Waals surface area contributed by atoms with E-state index in [1.165, 1.54) is 0 Å². The molecule has 2 aromatic rings. The Morgan fingerprint density at radius 3 is 2.65 bits per heavy atom. The largest absolute Gasteiger partial charge is 0.480 e. The van der Waals surface area contributed by atoms with Gasteiger partial charge in [0.15, 0.2) is 0 Å². The van der Waals surface area contributed by atoms with Gasteiger partial charge >= 0.3 is 5.97 Å². The van der Waals surface area contributed by atoms with E-state index < -0.39 is 12.0 Å². The molecule has 0 aliphatic heterocycles. The zero-order valence-corrected chi connectivity index (χ0v) is 9.79. The van der Waals surface area contributed by atoms with Gasteiger partial charge in [0.25, 0.3) is 0 Å². The van der Waals surface area contributed by atoms with Gasteiger partial charge in [-0.25, -0.2) is 0 Å². The van der Waals surface area contributed by atoms with Crippen LogP contribution in [0, 0.1) is 0 Å². The minimum absolute atomic E-state index is 0.673. The van der Waals surface area contributed by atoms with E-state index in [-0.39, 0.29) is 0 Å². The average Bonchev–Trinajstić information content (AvgIpc) is 2.28. The highest BCUT2D eigenvalue weighted by Crippen LogP contribution is 2.26. The van der Waals surface area contributed by atoms with Gasteiger partial charge in [0.05, 0.1) is 0 Å². The SMILES string of the molecule is CN(C)C(C(=O)O)c1cncc2ccccc12. The van der Waals surface area contributed by atoms with E-state index in [1.807, 2.05) is 24.3 Å². The summed E-state index contributed by atoms with van der Waals surface area (Å²) in [4.78, 5) is 17.1. The summed E-state index contributed by atoms with van der Waals surface area (Å²) < 4.78 is 0. The van der Waals surface area contributed by atoms with Crippen molar-refractivity contribution >= 4 is 16.7 Å².